The topological polar surface area (TPSA) is 77.8 Å². The number of aliphatic hydroxyl groups excluding tert-OH is 1. The van der Waals surface area contributed by atoms with E-state index in [1.54, 1.807) is 12.1 Å². The number of carboxylic acids is 1. The standard InChI is InChI=1S/C22H26FNO4/c23-17-3-1-14(2-4-17)22(15-6-12-5-13(8-15)9-16(22)7-12)19(21(27)28)20(26)24-10-18(25)11-24/h1-4,12-13,15-16,18-19,25H,5-11H2,(H,27,28). The third kappa shape index (κ3) is 2.46. The molecule has 1 aliphatic heterocycles. The maximum atomic E-state index is 13.7. The number of rotatable bonds is 4. The second-order valence-corrected chi connectivity index (χ2v) is 9.41. The van der Waals surface area contributed by atoms with Crippen LogP contribution >= 0.6 is 0 Å². The molecular weight excluding hydrogens is 361 g/mol. The number of halogens is 1. The van der Waals surface area contributed by atoms with E-state index in [1.165, 1.54) is 23.5 Å². The highest BCUT2D eigenvalue weighted by Gasteiger charge is 2.65. The molecule has 1 amide bonds. The number of benzene rings is 1. The summed E-state index contributed by atoms with van der Waals surface area (Å²) in [6.45, 7) is 0.394. The average Bonchev–Trinajstić information content (AvgIpc) is 2.61. The Morgan fingerprint density at radius 3 is 2.00 bits per heavy atom. The zero-order chi connectivity index (χ0) is 19.6. The Morgan fingerprint density at radius 1 is 1.00 bits per heavy atom. The van der Waals surface area contributed by atoms with Crippen LogP contribution in [0.15, 0.2) is 24.3 Å². The van der Waals surface area contributed by atoms with Crippen molar-refractivity contribution in [2.75, 3.05) is 13.1 Å². The summed E-state index contributed by atoms with van der Waals surface area (Å²) in [6.07, 6.45) is 4.44. The number of hydrogen-bond acceptors (Lipinski definition) is 3. The lowest BCUT2D eigenvalue weighted by atomic mass is 9.40. The first kappa shape index (κ1) is 18.1. The zero-order valence-corrected chi connectivity index (χ0v) is 15.8. The highest BCUT2D eigenvalue weighted by molar-refractivity contribution is 5.99. The van der Waals surface area contributed by atoms with Gasteiger partial charge in [-0.3, -0.25) is 9.59 Å². The summed E-state index contributed by atoms with van der Waals surface area (Å²) in [5.41, 5.74) is 0.00873. The van der Waals surface area contributed by atoms with Crippen LogP contribution in [0, 0.1) is 35.4 Å². The van der Waals surface area contributed by atoms with Gasteiger partial charge in [0, 0.05) is 18.5 Å². The van der Waals surface area contributed by atoms with Crippen molar-refractivity contribution >= 4 is 11.9 Å². The molecule has 150 valence electrons. The molecule has 0 aromatic heterocycles. The van der Waals surface area contributed by atoms with Crippen molar-refractivity contribution in [1.82, 2.24) is 4.90 Å². The fraction of sp³-hybridized carbons (Fsp3) is 0.636. The minimum absolute atomic E-state index is 0.130. The lowest BCUT2D eigenvalue weighted by Crippen LogP contribution is -2.66. The minimum atomic E-state index is -1.18. The first-order valence-corrected chi connectivity index (χ1v) is 10.3. The van der Waals surface area contributed by atoms with E-state index in [9.17, 15) is 24.2 Å². The van der Waals surface area contributed by atoms with E-state index in [2.05, 4.69) is 0 Å². The molecule has 5 fully saturated rings. The largest absolute Gasteiger partial charge is 0.481 e. The van der Waals surface area contributed by atoms with Crippen LogP contribution in [-0.2, 0) is 15.0 Å². The van der Waals surface area contributed by atoms with E-state index in [1.807, 2.05) is 0 Å². The van der Waals surface area contributed by atoms with Crippen LogP contribution in [0.3, 0.4) is 0 Å². The van der Waals surface area contributed by atoms with Gasteiger partial charge in [0.05, 0.1) is 6.10 Å². The number of amides is 1. The van der Waals surface area contributed by atoms with Crippen LogP contribution in [-0.4, -0.2) is 46.2 Å². The molecule has 1 saturated heterocycles. The Kier molecular flexibility index (Phi) is 4.06. The Balaban J connectivity index is 1.64. The summed E-state index contributed by atoms with van der Waals surface area (Å²) in [4.78, 5) is 27.4. The third-order valence-electron chi connectivity index (χ3n) is 7.98. The van der Waals surface area contributed by atoms with E-state index in [0.29, 0.717) is 11.8 Å². The van der Waals surface area contributed by atoms with Crippen molar-refractivity contribution in [3.8, 4) is 0 Å². The van der Waals surface area contributed by atoms with Crippen molar-refractivity contribution in [1.29, 1.82) is 0 Å². The van der Waals surface area contributed by atoms with Gasteiger partial charge in [0.15, 0.2) is 0 Å². The van der Waals surface area contributed by atoms with Gasteiger partial charge in [-0.1, -0.05) is 12.1 Å². The van der Waals surface area contributed by atoms with Gasteiger partial charge in [-0.25, -0.2) is 4.39 Å². The Labute approximate surface area is 163 Å². The van der Waals surface area contributed by atoms with Gasteiger partial charge in [0.1, 0.15) is 11.7 Å². The van der Waals surface area contributed by atoms with E-state index in [0.717, 1.165) is 31.2 Å². The molecule has 1 aromatic carbocycles. The van der Waals surface area contributed by atoms with Crippen LogP contribution < -0.4 is 0 Å². The molecule has 4 bridgehead atoms. The van der Waals surface area contributed by atoms with Crippen molar-refractivity contribution in [2.45, 2.75) is 43.6 Å². The second-order valence-electron chi connectivity index (χ2n) is 9.41. The molecule has 4 saturated carbocycles. The molecule has 6 heteroatoms. The van der Waals surface area contributed by atoms with Gasteiger partial charge in [-0.2, -0.15) is 0 Å². The Morgan fingerprint density at radius 2 is 1.54 bits per heavy atom. The highest BCUT2D eigenvalue weighted by Crippen LogP contribution is 2.65. The van der Waals surface area contributed by atoms with Crippen molar-refractivity contribution in [3.63, 3.8) is 0 Å². The smallest absolute Gasteiger partial charge is 0.317 e. The van der Waals surface area contributed by atoms with Gasteiger partial charge in [0.2, 0.25) is 5.91 Å². The van der Waals surface area contributed by atoms with Gasteiger partial charge in [-0.05, 0) is 73.5 Å². The first-order chi connectivity index (χ1) is 13.4. The molecule has 5 nitrogen and oxygen atoms in total. The van der Waals surface area contributed by atoms with Gasteiger partial charge in [-0.15, -0.1) is 0 Å². The number of carbonyl (C=O) groups is 2. The number of aliphatic hydroxyl groups is 1. The molecule has 0 spiro atoms. The normalized spacial score (nSPS) is 37.6. The van der Waals surface area contributed by atoms with Crippen LogP contribution in [0.4, 0.5) is 4.39 Å². The molecule has 28 heavy (non-hydrogen) atoms. The number of carbonyl (C=O) groups excluding carboxylic acids is 1. The second kappa shape index (κ2) is 6.28. The van der Waals surface area contributed by atoms with Crippen molar-refractivity contribution < 1.29 is 24.2 Å². The molecule has 6 rings (SSSR count). The summed E-state index contributed by atoms with van der Waals surface area (Å²) < 4.78 is 13.7. The lowest BCUT2D eigenvalue weighted by molar-refractivity contribution is -0.172. The number of nitrogens with zero attached hydrogens (tertiary/aromatic N) is 1. The SMILES string of the molecule is O=C(O)C(C(=O)N1CC(O)C1)C1(c2ccc(F)cc2)C2CC3CC(C2)CC1C3. The molecule has 5 aliphatic rings. The molecule has 1 aromatic rings. The van der Waals surface area contributed by atoms with Gasteiger partial charge < -0.3 is 15.1 Å². The number of carboxylic acid groups (broad SMARTS) is 1. The predicted octanol–water partition coefficient (Wildman–Crippen LogP) is 2.42. The third-order valence-corrected chi connectivity index (χ3v) is 7.98. The van der Waals surface area contributed by atoms with E-state index in [-0.39, 0.29) is 30.7 Å². The fourth-order valence-electron chi connectivity index (χ4n) is 7.14. The van der Waals surface area contributed by atoms with Gasteiger partial charge in [0.25, 0.3) is 0 Å². The summed E-state index contributed by atoms with van der Waals surface area (Å²) in [7, 11) is 0. The summed E-state index contributed by atoms with van der Waals surface area (Å²) in [6, 6.07) is 6.18. The number of β-amino-alcohol motifs (C(OH)–C–C–N with tert-alkyl or cyclic N) is 1. The van der Waals surface area contributed by atoms with Crippen molar-refractivity contribution in [3.05, 3.63) is 35.6 Å². The van der Waals surface area contributed by atoms with Crippen LogP contribution in [0.5, 0.6) is 0 Å². The van der Waals surface area contributed by atoms with Crippen LogP contribution in [0.1, 0.15) is 37.7 Å². The molecule has 1 atom stereocenters. The molecule has 4 aliphatic carbocycles. The van der Waals surface area contributed by atoms with E-state index < -0.39 is 29.3 Å². The summed E-state index contributed by atoms with van der Waals surface area (Å²) in [5, 5.41) is 19.9. The first-order valence-electron chi connectivity index (χ1n) is 10.3. The highest BCUT2D eigenvalue weighted by atomic mass is 19.1. The lowest BCUT2D eigenvalue weighted by Gasteiger charge is -2.63. The predicted molar refractivity (Wildman–Crippen MR) is 98.8 cm³/mol. The quantitative estimate of drug-likeness (QED) is 0.778. The fourth-order valence-corrected chi connectivity index (χ4v) is 7.14. The van der Waals surface area contributed by atoms with Gasteiger partial charge >= 0.3 is 5.97 Å². The average molecular weight is 387 g/mol. The summed E-state index contributed by atoms with van der Waals surface area (Å²) >= 11 is 0. The molecule has 1 heterocycles. The molecular formula is C22H26FNO4. The Hall–Kier alpha value is -1.95. The number of likely N-dealkylation sites (tertiary alicyclic amines) is 1. The number of hydrogen-bond donors (Lipinski definition) is 2. The molecule has 1 unspecified atom stereocenters. The maximum Gasteiger partial charge on any atom is 0.317 e. The van der Waals surface area contributed by atoms with E-state index >= 15 is 0 Å². The van der Waals surface area contributed by atoms with Crippen molar-refractivity contribution in [2.24, 2.45) is 29.6 Å². The monoisotopic (exact) mass is 387 g/mol. The van der Waals surface area contributed by atoms with Crippen LogP contribution in [0.25, 0.3) is 0 Å². The van der Waals surface area contributed by atoms with E-state index in [4.69, 9.17) is 0 Å². The number of aliphatic carboxylic acids is 1. The molecule has 2 N–H and O–H groups in total. The molecule has 0 radical (unpaired) electrons. The summed E-state index contributed by atoms with van der Waals surface area (Å²) in [5.74, 6) is -1.53. The van der Waals surface area contributed by atoms with Crippen LogP contribution in [0.2, 0.25) is 0 Å². The Bertz CT molecular complexity index is 773. The minimum Gasteiger partial charge on any atom is -0.481 e. The maximum absolute atomic E-state index is 13.7. The zero-order valence-electron chi connectivity index (χ0n) is 15.8.